The van der Waals surface area contributed by atoms with Crippen LogP contribution in [0.4, 0.5) is 0 Å². The number of carbonyl (C=O) groups excluding carboxylic acids is 1. The molecule has 0 spiro atoms. The SMILES string of the molecule is CCCC(CCC)NCCOC(=O)C(CC)c1ccccc1.Cl. The molecule has 0 aliphatic rings. The van der Waals surface area contributed by atoms with Crippen LogP contribution >= 0.6 is 12.4 Å². The highest BCUT2D eigenvalue weighted by molar-refractivity contribution is 5.85. The Balaban J connectivity index is 0.00000484. The highest BCUT2D eigenvalue weighted by Gasteiger charge is 2.19. The molecule has 1 rings (SSSR count). The van der Waals surface area contributed by atoms with Crippen molar-refractivity contribution in [3.05, 3.63) is 35.9 Å². The number of benzene rings is 1. The summed E-state index contributed by atoms with van der Waals surface area (Å²) in [6.07, 6.45) is 5.50. The summed E-state index contributed by atoms with van der Waals surface area (Å²) in [5.74, 6) is -0.263. The molecule has 4 heteroatoms. The fourth-order valence-electron chi connectivity index (χ4n) is 2.78. The maximum atomic E-state index is 12.2. The van der Waals surface area contributed by atoms with Crippen molar-refractivity contribution in [1.29, 1.82) is 0 Å². The molecular weight excluding hydrogens is 310 g/mol. The summed E-state index contributed by atoms with van der Waals surface area (Å²) in [6.45, 7) is 7.62. The first-order valence-corrected chi connectivity index (χ1v) is 8.67. The van der Waals surface area contributed by atoms with Crippen LogP contribution in [0.25, 0.3) is 0 Å². The van der Waals surface area contributed by atoms with Crippen molar-refractivity contribution >= 4 is 18.4 Å². The average molecular weight is 342 g/mol. The molecule has 1 atom stereocenters. The minimum Gasteiger partial charge on any atom is -0.464 e. The second-order valence-electron chi connectivity index (χ2n) is 5.77. The molecule has 0 aliphatic carbocycles. The van der Waals surface area contributed by atoms with Crippen LogP contribution in [0.15, 0.2) is 30.3 Å². The Bertz CT molecular complexity index is 405. The van der Waals surface area contributed by atoms with Crippen LogP contribution in [0, 0.1) is 0 Å². The second kappa shape index (κ2) is 13.4. The van der Waals surface area contributed by atoms with Gasteiger partial charge in [-0.15, -0.1) is 12.4 Å². The number of esters is 1. The number of hydrogen-bond acceptors (Lipinski definition) is 3. The van der Waals surface area contributed by atoms with Gasteiger partial charge in [0.05, 0.1) is 5.92 Å². The Morgan fingerprint density at radius 3 is 2.22 bits per heavy atom. The molecule has 0 bridgehead atoms. The number of rotatable bonds is 11. The summed E-state index contributed by atoms with van der Waals surface area (Å²) < 4.78 is 5.45. The van der Waals surface area contributed by atoms with E-state index in [-0.39, 0.29) is 24.3 Å². The van der Waals surface area contributed by atoms with Gasteiger partial charge in [0.1, 0.15) is 6.61 Å². The zero-order chi connectivity index (χ0) is 16.2. The van der Waals surface area contributed by atoms with Crippen molar-refractivity contribution in [3.63, 3.8) is 0 Å². The van der Waals surface area contributed by atoms with Gasteiger partial charge >= 0.3 is 5.97 Å². The molecule has 1 unspecified atom stereocenters. The van der Waals surface area contributed by atoms with E-state index in [1.165, 1.54) is 25.7 Å². The first-order valence-electron chi connectivity index (χ1n) is 8.67. The normalized spacial score (nSPS) is 11.8. The standard InChI is InChI=1S/C19H31NO2.ClH/c1-4-10-17(11-5-2)20-14-15-22-19(21)18(6-3)16-12-8-7-9-13-16;/h7-9,12-13,17-18,20H,4-6,10-11,14-15H2,1-3H3;1H. The molecule has 0 saturated carbocycles. The van der Waals surface area contributed by atoms with Crippen molar-refractivity contribution < 1.29 is 9.53 Å². The third-order valence-corrected chi connectivity index (χ3v) is 3.95. The molecule has 3 nitrogen and oxygen atoms in total. The third kappa shape index (κ3) is 8.38. The minimum atomic E-state index is -0.150. The van der Waals surface area contributed by atoms with Gasteiger partial charge in [0.2, 0.25) is 0 Å². The molecular formula is C19H32ClNO2. The predicted octanol–water partition coefficient (Wildman–Crippen LogP) is 4.70. The van der Waals surface area contributed by atoms with Crippen LogP contribution < -0.4 is 5.32 Å². The van der Waals surface area contributed by atoms with Crippen molar-refractivity contribution in [3.8, 4) is 0 Å². The van der Waals surface area contributed by atoms with Gasteiger partial charge in [0, 0.05) is 12.6 Å². The second-order valence-corrected chi connectivity index (χ2v) is 5.77. The summed E-state index contributed by atoms with van der Waals surface area (Å²) in [4.78, 5) is 12.2. The van der Waals surface area contributed by atoms with Gasteiger partial charge < -0.3 is 10.1 Å². The number of carbonyl (C=O) groups is 1. The van der Waals surface area contributed by atoms with E-state index in [0.29, 0.717) is 12.6 Å². The van der Waals surface area contributed by atoms with E-state index in [4.69, 9.17) is 4.74 Å². The lowest BCUT2D eigenvalue weighted by Crippen LogP contribution is -2.32. The summed E-state index contributed by atoms with van der Waals surface area (Å²) in [6, 6.07) is 10.4. The Labute approximate surface area is 147 Å². The molecule has 0 fully saturated rings. The average Bonchev–Trinajstić information content (AvgIpc) is 2.53. The van der Waals surface area contributed by atoms with E-state index in [0.717, 1.165) is 18.5 Å². The molecule has 0 amide bonds. The van der Waals surface area contributed by atoms with Gasteiger partial charge in [-0.1, -0.05) is 63.9 Å². The van der Waals surface area contributed by atoms with Gasteiger partial charge in [-0.05, 0) is 24.8 Å². The van der Waals surface area contributed by atoms with E-state index in [9.17, 15) is 4.79 Å². The Hall–Kier alpha value is -1.06. The molecule has 1 aromatic rings. The third-order valence-electron chi connectivity index (χ3n) is 3.95. The Morgan fingerprint density at radius 2 is 1.70 bits per heavy atom. The van der Waals surface area contributed by atoms with E-state index >= 15 is 0 Å². The number of ether oxygens (including phenoxy) is 1. The van der Waals surface area contributed by atoms with Crippen LogP contribution in [-0.4, -0.2) is 25.2 Å². The highest BCUT2D eigenvalue weighted by atomic mass is 35.5. The molecule has 1 aromatic carbocycles. The lowest BCUT2D eigenvalue weighted by Gasteiger charge is -2.18. The van der Waals surface area contributed by atoms with Crippen molar-refractivity contribution in [2.75, 3.05) is 13.2 Å². The quantitative estimate of drug-likeness (QED) is 0.468. The topological polar surface area (TPSA) is 38.3 Å². The lowest BCUT2D eigenvalue weighted by atomic mass is 9.97. The highest BCUT2D eigenvalue weighted by Crippen LogP contribution is 2.20. The molecule has 0 aliphatic heterocycles. The van der Waals surface area contributed by atoms with Gasteiger partial charge in [0.25, 0.3) is 0 Å². The van der Waals surface area contributed by atoms with E-state index in [1.54, 1.807) is 0 Å². The number of hydrogen-bond donors (Lipinski definition) is 1. The maximum absolute atomic E-state index is 12.2. The van der Waals surface area contributed by atoms with Crippen LogP contribution in [0.3, 0.4) is 0 Å². The molecule has 0 saturated heterocycles. The summed E-state index contributed by atoms with van der Waals surface area (Å²) in [5.41, 5.74) is 1.04. The zero-order valence-corrected chi connectivity index (χ0v) is 15.5. The molecule has 0 heterocycles. The zero-order valence-electron chi connectivity index (χ0n) is 14.7. The smallest absolute Gasteiger partial charge is 0.313 e. The summed E-state index contributed by atoms with van der Waals surface area (Å²) >= 11 is 0. The fraction of sp³-hybridized carbons (Fsp3) is 0.632. The van der Waals surface area contributed by atoms with E-state index in [1.807, 2.05) is 37.3 Å². The summed E-state index contributed by atoms with van der Waals surface area (Å²) in [5, 5.41) is 3.50. The van der Waals surface area contributed by atoms with Crippen LogP contribution in [-0.2, 0) is 9.53 Å². The van der Waals surface area contributed by atoms with Crippen LogP contribution in [0.2, 0.25) is 0 Å². The largest absolute Gasteiger partial charge is 0.464 e. The molecule has 0 aromatic heterocycles. The van der Waals surface area contributed by atoms with Gasteiger partial charge in [-0.3, -0.25) is 4.79 Å². The van der Waals surface area contributed by atoms with Gasteiger partial charge in [-0.25, -0.2) is 0 Å². The maximum Gasteiger partial charge on any atom is 0.313 e. The monoisotopic (exact) mass is 341 g/mol. The minimum absolute atomic E-state index is 0. The Kier molecular flexibility index (Phi) is 12.8. The van der Waals surface area contributed by atoms with E-state index < -0.39 is 0 Å². The van der Waals surface area contributed by atoms with Crippen molar-refractivity contribution in [2.24, 2.45) is 0 Å². The van der Waals surface area contributed by atoms with Crippen molar-refractivity contribution in [1.82, 2.24) is 5.32 Å². The molecule has 132 valence electrons. The Morgan fingerprint density at radius 1 is 1.09 bits per heavy atom. The summed E-state index contributed by atoms with van der Waals surface area (Å²) in [7, 11) is 0. The fourth-order valence-corrected chi connectivity index (χ4v) is 2.78. The van der Waals surface area contributed by atoms with Gasteiger partial charge in [-0.2, -0.15) is 0 Å². The van der Waals surface area contributed by atoms with E-state index in [2.05, 4.69) is 19.2 Å². The van der Waals surface area contributed by atoms with Crippen molar-refractivity contribution in [2.45, 2.75) is 64.8 Å². The van der Waals surface area contributed by atoms with Gasteiger partial charge in [0.15, 0.2) is 0 Å². The molecule has 1 N–H and O–H groups in total. The van der Waals surface area contributed by atoms with Crippen LogP contribution in [0.5, 0.6) is 0 Å². The lowest BCUT2D eigenvalue weighted by molar-refractivity contribution is -0.145. The number of nitrogens with one attached hydrogen (secondary N) is 1. The number of halogens is 1. The first kappa shape index (κ1) is 21.9. The van der Waals surface area contributed by atoms with Crippen LogP contribution in [0.1, 0.15) is 64.4 Å². The molecule has 0 radical (unpaired) electrons. The molecule has 23 heavy (non-hydrogen) atoms. The first-order chi connectivity index (χ1) is 10.7. The predicted molar refractivity (Wildman–Crippen MR) is 99.3 cm³/mol.